The average molecular weight is 604 g/mol. The first-order valence-corrected chi connectivity index (χ1v) is 15.6. The van der Waals surface area contributed by atoms with Gasteiger partial charge in [-0.15, -0.1) is 11.8 Å². The summed E-state index contributed by atoms with van der Waals surface area (Å²) in [5, 5.41) is 5.02. The van der Waals surface area contributed by atoms with Crippen LogP contribution in [-0.4, -0.2) is 57.2 Å². The number of fused-ring (bicyclic) bond motifs is 1. The molecule has 0 bridgehead atoms. The van der Waals surface area contributed by atoms with E-state index in [1.165, 1.54) is 23.5 Å². The van der Waals surface area contributed by atoms with Crippen LogP contribution in [0.2, 0.25) is 0 Å². The number of alkyl carbamates (subject to hydrolysis) is 1. The Balaban J connectivity index is 1.39. The Morgan fingerprint density at radius 3 is 2.29 bits per heavy atom. The van der Waals surface area contributed by atoms with Gasteiger partial charge in [-0.2, -0.15) is 0 Å². The largest absolute Gasteiger partial charge is 0.452 e. The number of hydrogen-bond acceptors (Lipinski definition) is 8. The van der Waals surface area contributed by atoms with Crippen LogP contribution in [0.1, 0.15) is 38.0 Å². The molecule has 8 nitrogen and oxygen atoms in total. The summed E-state index contributed by atoms with van der Waals surface area (Å²) in [5.74, 6) is -0.327. The van der Waals surface area contributed by atoms with Gasteiger partial charge in [0.2, 0.25) is 5.91 Å². The van der Waals surface area contributed by atoms with Gasteiger partial charge in [-0.1, -0.05) is 84.6 Å². The SMILES string of the molecule is CC(C)(C)OC(=O)NC1C(=O)N2CC(C=CSc3ccccn3)(C(=O)OC(c3ccccc3)c3ccccc3)CS[C@H]12. The summed E-state index contributed by atoms with van der Waals surface area (Å²) in [6.45, 7) is 5.43. The van der Waals surface area contributed by atoms with Gasteiger partial charge in [-0.25, -0.2) is 9.78 Å². The number of carbonyl (C=O) groups is 3. The lowest BCUT2D eigenvalue weighted by Crippen LogP contribution is -2.73. The Bertz CT molecular complexity index is 1390. The predicted octanol–water partition coefficient (Wildman–Crippen LogP) is 5.82. The summed E-state index contributed by atoms with van der Waals surface area (Å²) in [5.41, 5.74) is -0.0968. The molecule has 2 aromatic carbocycles. The lowest BCUT2D eigenvalue weighted by atomic mass is 9.87. The molecule has 0 spiro atoms. The van der Waals surface area contributed by atoms with E-state index in [2.05, 4.69) is 10.3 Å². The topological polar surface area (TPSA) is 97.8 Å². The fraction of sp³-hybridized carbons (Fsp3) is 0.312. The molecule has 2 amide bonds. The molecule has 0 saturated carbocycles. The lowest BCUT2D eigenvalue weighted by molar-refractivity contribution is -0.161. The van der Waals surface area contributed by atoms with Crippen molar-refractivity contribution < 1.29 is 23.9 Å². The number of esters is 1. The van der Waals surface area contributed by atoms with Gasteiger partial charge in [0.25, 0.3) is 0 Å². The first-order valence-electron chi connectivity index (χ1n) is 13.6. The molecule has 1 N–H and O–H groups in total. The Morgan fingerprint density at radius 1 is 1.05 bits per heavy atom. The maximum Gasteiger partial charge on any atom is 0.408 e. The highest BCUT2D eigenvalue weighted by molar-refractivity contribution is 8.02. The van der Waals surface area contributed by atoms with Gasteiger partial charge in [0.15, 0.2) is 6.10 Å². The number of nitrogens with one attached hydrogen (secondary N) is 1. The first-order chi connectivity index (χ1) is 20.2. The van der Waals surface area contributed by atoms with Crippen LogP contribution in [-0.2, 0) is 19.1 Å². The Labute approximate surface area is 254 Å². The summed E-state index contributed by atoms with van der Waals surface area (Å²) in [7, 11) is 0. The van der Waals surface area contributed by atoms with Gasteiger partial charge < -0.3 is 19.7 Å². The maximum atomic E-state index is 14.2. The van der Waals surface area contributed by atoms with E-state index in [0.29, 0.717) is 5.75 Å². The number of benzene rings is 2. The van der Waals surface area contributed by atoms with Crippen LogP contribution in [0.15, 0.2) is 102 Å². The van der Waals surface area contributed by atoms with Crippen molar-refractivity contribution in [1.82, 2.24) is 15.2 Å². The molecular formula is C32H33N3O5S2. The van der Waals surface area contributed by atoms with Gasteiger partial charge >= 0.3 is 12.1 Å². The monoisotopic (exact) mass is 603 g/mol. The van der Waals surface area contributed by atoms with Crippen LogP contribution >= 0.6 is 23.5 Å². The number of pyridine rings is 1. The second-order valence-corrected chi connectivity index (χ2v) is 13.2. The van der Waals surface area contributed by atoms with E-state index in [-0.39, 0.29) is 17.8 Å². The van der Waals surface area contributed by atoms with Crippen molar-refractivity contribution in [2.45, 2.75) is 48.9 Å². The van der Waals surface area contributed by atoms with Gasteiger partial charge in [0.1, 0.15) is 27.5 Å². The highest BCUT2D eigenvalue weighted by Gasteiger charge is 2.57. The van der Waals surface area contributed by atoms with Crippen molar-refractivity contribution in [3.63, 3.8) is 0 Å². The smallest absolute Gasteiger partial charge is 0.408 e. The zero-order valence-corrected chi connectivity index (χ0v) is 25.3. The number of nitrogens with zero attached hydrogens (tertiary/aromatic N) is 2. The Hall–Kier alpha value is -3.76. The normalized spacial score (nSPS) is 21.9. The number of amides is 2. The highest BCUT2D eigenvalue weighted by Crippen LogP contribution is 2.45. The van der Waals surface area contributed by atoms with E-state index in [9.17, 15) is 14.4 Å². The second kappa shape index (κ2) is 12.6. The Morgan fingerprint density at radius 2 is 1.69 bits per heavy atom. The molecule has 2 aliphatic rings. The van der Waals surface area contributed by atoms with Gasteiger partial charge in [0.05, 0.1) is 0 Å². The molecule has 5 rings (SSSR count). The number of thioether (sulfide) groups is 2. The average Bonchev–Trinajstić information content (AvgIpc) is 2.99. The fourth-order valence-electron chi connectivity index (χ4n) is 4.78. The highest BCUT2D eigenvalue weighted by atomic mass is 32.2. The molecule has 2 unspecified atom stereocenters. The van der Waals surface area contributed by atoms with Crippen molar-refractivity contribution in [2.24, 2.45) is 5.41 Å². The summed E-state index contributed by atoms with van der Waals surface area (Å²) in [4.78, 5) is 45.8. The summed E-state index contributed by atoms with van der Waals surface area (Å²) >= 11 is 2.83. The van der Waals surface area contributed by atoms with E-state index < -0.39 is 35.2 Å². The van der Waals surface area contributed by atoms with E-state index in [4.69, 9.17) is 9.47 Å². The third-order valence-corrected chi connectivity index (χ3v) is 9.13. The third-order valence-electron chi connectivity index (χ3n) is 6.83. The van der Waals surface area contributed by atoms with Crippen LogP contribution in [0.25, 0.3) is 0 Å². The quantitative estimate of drug-likeness (QED) is 0.196. The molecular weight excluding hydrogens is 571 g/mol. The van der Waals surface area contributed by atoms with Crippen molar-refractivity contribution in [3.05, 3.63) is 108 Å². The molecule has 10 heteroatoms. The first kappa shape index (κ1) is 29.7. The maximum absolute atomic E-state index is 14.2. The Kier molecular flexibility index (Phi) is 8.93. The van der Waals surface area contributed by atoms with Crippen LogP contribution in [0.5, 0.6) is 0 Å². The fourth-order valence-corrected chi connectivity index (χ4v) is 7.04. The second-order valence-electron chi connectivity index (χ2n) is 11.1. The minimum Gasteiger partial charge on any atom is -0.452 e. The number of hydrogen-bond donors (Lipinski definition) is 1. The van der Waals surface area contributed by atoms with Gasteiger partial charge in [0, 0.05) is 18.5 Å². The predicted molar refractivity (Wildman–Crippen MR) is 164 cm³/mol. The zero-order chi connectivity index (χ0) is 29.7. The molecule has 2 saturated heterocycles. The molecule has 3 aromatic rings. The number of rotatable bonds is 8. The van der Waals surface area contributed by atoms with Crippen molar-refractivity contribution in [2.75, 3.05) is 12.3 Å². The molecule has 2 fully saturated rings. The number of aromatic nitrogens is 1. The van der Waals surface area contributed by atoms with Crippen molar-refractivity contribution in [1.29, 1.82) is 0 Å². The summed E-state index contributed by atoms with van der Waals surface area (Å²) in [6.07, 6.45) is 2.28. The molecule has 3 heterocycles. The van der Waals surface area contributed by atoms with Crippen LogP contribution in [0.3, 0.4) is 0 Å². The van der Waals surface area contributed by atoms with Gasteiger partial charge in [-0.05, 0) is 49.4 Å². The van der Waals surface area contributed by atoms with E-state index in [1.807, 2.05) is 90.3 Å². The number of ether oxygens (including phenoxy) is 2. The van der Waals surface area contributed by atoms with Crippen LogP contribution in [0.4, 0.5) is 4.79 Å². The molecule has 42 heavy (non-hydrogen) atoms. The van der Waals surface area contributed by atoms with Crippen LogP contribution in [0, 0.1) is 5.41 Å². The molecule has 3 atom stereocenters. The molecule has 0 aliphatic carbocycles. The van der Waals surface area contributed by atoms with Crippen molar-refractivity contribution >= 4 is 41.5 Å². The molecule has 2 aliphatic heterocycles. The summed E-state index contributed by atoms with van der Waals surface area (Å²) < 4.78 is 11.7. The number of β-lactam (4-membered cyclic amide) rings is 1. The minimum atomic E-state index is -1.11. The van der Waals surface area contributed by atoms with E-state index in [1.54, 1.807) is 31.9 Å². The van der Waals surface area contributed by atoms with Crippen LogP contribution < -0.4 is 5.32 Å². The van der Waals surface area contributed by atoms with E-state index in [0.717, 1.165) is 16.2 Å². The minimum absolute atomic E-state index is 0.129. The molecule has 0 radical (unpaired) electrons. The number of carbonyl (C=O) groups excluding carboxylic acids is 3. The molecule has 218 valence electrons. The molecule has 1 aromatic heterocycles. The lowest BCUT2D eigenvalue weighted by Gasteiger charge is -2.53. The summed E-state index contributed by atoms with van der Waals surface area (Å²) in [6, 6.07) is 24.1. The standard InChI is InChI=1S/C32H33N3O5S2/c1-31(2,3)40-30(38)34-25-27(36)35-20-32(21-42-28(25)35,17-19-41-24-16-10-11-18-33-24)29(37)39-26(22-12-6-4-7-13-22)23-14-8-5-9-15-23/h4-19,25-26,28H,20-21H2,1-3H3,(H,34,38)/t25?,28-,32?/m1/s1. The van der Waals surface area contributed by atoms with Gasteiger partial charge in [-0.3, -0.25) is 9.59 Å². The van der Waals surface area contributed by atoms with E-state index >= 15 is 0 Å². The third kappa shape index (κ3) is 6.82. The van der Waals surface area contributed by atoms with Crippen molar-refractivity contribution in [3.8, 4) is 0 Å². The zero-order valence-electron chi connectivity index (χ0n) is 23.6.